The van der Waals surface area contributed by atoms with Crippen LogP contribution in [-0.4, -0.2) is 12.5 Å². The van der Waals surface area contributed by atoms with Gasteiger partial charge in [-0.2, -0.15) is 0 Å². The highest BCUT2D eigenvalue weighted by Gasteiger charge is 2.22. The van der Waals surface area contributed by atoms with Crippen LogP contribution in [0.15, 0.2) is 18.2 Å². The molecule has 0 unspecified atom stereocenters. The molecule has 0 saturated carbocycles. The van der Waals surface area contributed by atoms with E-state index in [1.165, 1.54) is 0 Å². The van der Waals surface area contributed by atoms with E-state index in [2.05, 4.69) is 5.32 Å². The monoisotopic (exact) mass is 255 g/mol. The molecular formula is C13H18ClNO2. The first-order chi connectivity index (χ1) is 7.84. The van der Waals surface area contributed by atoms with Crippen LogP contribution >= 0.6 is 11.6 Å². The van der Waals surface area contributed by atoms with Gasteiger partial charge in [0.1, 0.15) is 5.75 Å². The van der Waals surface area contributed by atoms with Crippen LogP contribution in [0.25, 0.3) is 0 Å². The zero-order chi connectivity index (χ0) is 13.1. The molecular weight excluding hydrogens is 238 g/mol. The van der Waals surface area contributed by atoms with E-state index in [0.717, 1.165) is 0 Å². The quantitative estimate of drug-likeness (QED) is 0.894. The van der Waals surface area contributed by atoms with Crippen molar-refractivity contribution in [1.29, 1.82) is 0 Å². The highest BCUT2D eigenvalue weighted by atomic mass is 35.5. The highest BCUT2D eigenvalue weighted by Crippen LogP contribution is 2.29. The van der Waals surface area contributed by atoms with Crippen LogP contribution in [0.4, 0.5) is 5.69 Å². The third-order valence-electron chi connectivity index (χ3n) is 2.17. The Labute approximate surface area is 107 Å². The van der Waals surface area contributed by atoms with Gasteiger partial charge in [0.2, 0.25) is 5.91 Å². The summed E-state index contributed by atoms with van der Waals surface area (Å²) in [4.78, 5) is 11.9. The maximum atomic E-state index is 11.9. The van der Waals surface area contributed by atoms with Gasteiger partial charge in [0.15, 0.2) is 0 Å². The maximum absolute atomic E-state index is 11.9. The molecule has 0 bridgehead atoms. The first-order valence-corrected chi connectivity index (χ1v) is 5.96. The molecule has 0 heterocycles. The van der Waals surface area contributed by atoms with Crippen LogP contribution < -0.4 is 10.1 Å². The summed E-state index contributed by atoms with van der Waals surface area (Å²) in [7, 11) is 0. The minimum absolute atomic E-state index is 0.0688. The molecule has 0 spiro atoms. The van der Waals surface area contributed by atoms with Crippen molar-refractivity contribution >= 4 is 23.2 Å². The Balaban J connectivity index is 2.96. The van der Waals surface area contributed by atoms with E-state index in [9.17, 15) is 4.79 Å². The fraction of sp³-hybridized carbons (Fsp3) is 0.462. The van der Waals surface area contributed by atoms with E-state index in [1.807, 2.05) is 27.7 Å². The summed E-state index contributed by atoms with van der Waals surface area (Å²) in [6, 6.07) is 5.18. The Morgan fingerprint density at radius 1 is 1.41 bits per heavy atom. The molecule has 4 heteroatoms. The van der Waals surface area contributed by atoms with E-state index >= 15 is 0 Å². The number of hydrogen-bond acceptors (Lipinski definition) is 2. The lowest BCUT2D eigenvalue weighted by molar-refractivity contribution is -0.123. The van der Waals surface area contributed by atoms with Crippen molar-refractivity contribution in [3.8, 4) is 5.75 Å². The third-order valence-corrected chi connectivity index (χ3v) is 2.41. The van der Waals surface area contributed by atoms with Crippen LogP contribution in [0.1, 0.15) is 27.7 Å². The molecule has 1 aromatic rings. The van der Waals surface area contributed by atoms with Crippen molar-refractivity contribution < 1.29 is 9.53 Å². The molecule has 0 aliphatic rings. The average molecular weight is 256 g/mol. The van der Waals surface area contributed by atoms with Gasteiger partial charge in [0, 0.05) is 10.4 Å². The molecule has 0 atom stereocenters. The number of carbonyl (C=O) groups excluding carboxylic acids is 1. The second-order valence-corrected chi connectivity index (χ2v) is 5.21. The lowest BCUT2D eigenvalue weighted by Gasteiger charge is -2.19. The summed E-state index contributed by atoms with van der Waals surface area (Å²) in [5, 5.41) is 3.40. The average Bonchev–Trinajstić information content (AvgIpc) is 2.21. The molecule has 1 aromatic carbocycles. The lowest BCUT2D eigenvalue weighted by Crippen LogP contribution is -2.27. The highest BCUT2D eigenvalue weighted by molar-refractivity contribution is 6.31. The summed E-state index contributed by atoms with van der Waals surface area (Å²) < 4.78 is 5.43. The zero-order valence-corrected chi connectivity index (χ0v) is 11.4. The lowest BCUT2D eigenvalue weighted by atomic mass is 9.95. The maximum Gasteiger partial charge on any atom is 0.229 e. The van der Waals surface area contributed by atoms with Crippen LogP contribution in [0.2, 0.25) is 5.02 Å². The molecule has 17 heavy (non-hydrogen) atoms. The molecule has 0 radical (unpaired) electrons. The first-order valence-electron chi connectivity index (χ1n) is 5.58. The van der Waals surface area contributed by atoms with E-state index in [-0.39, 0.29) is 5.91 Å². The molecule has 3 nitrogen and oxygen atoms in total. The van der Waals surface area contributed by atoms with Gasteiger partial charge in [-0.05, 0) is 25.1 Å². The number of nitrogens with one attached hydrogen (secondary N) is 1. The fourth-order valence-corrected chi connectivity index (χ4v) is 1.36. The predicted molar refractivity (Wildman–Crippen MR) is 70.7 cm³/mol. The van der Waals surface area contributed by atoms with Crippen molar-refractivity contribution in [2.24, 2.45) is 5.41 Å². The standard InChI is InChI=1S/C13H18ClNO2/c1-5-17-11-7-6-9(14)8-10(11)15-12(16)13(2,3)4/h6-8H,5H2,1-4H3,(H,15,16). The second kappa shape index (κ2) is 5.41. The molecule has 0 fully saturated rings. The summed E-state index contributed by atoms with van der Waals surface area (Å²) in [6.07, 6.45) is 0. The SMILES string of the molecule is CCOc1ccc(Cl)cc1NC(=O)C(C)(C)C. The zero-order valence-electron chi connectivity index (χ0n) is 10.6. The van der Waals surface area contributed by atoms with Gasteiger partial charge < -0.3 is 10.1 Å². The Morgan fingerprint density at radius 2 is 2.06 bits per heavy atom. The number of amides is 1. The van der Waals surface area contributed by atoms with Crippen LogP contribution in [0.3, 0.4) is 0 Å². The number of benzene rings is 1. The van der Waals surface area contributed by atoms with Crippen molar-refractivity contribution in [3.63, 3.8) is 0 Å². The summed E-state index contributed by atoms with van der Waals surface area (Å²) in [5.41, 5.74) is 0.158. The summed E-state index contributed by atoms with van der Waals surface area (Å²) >= 11 is 5.91. The van der Waals surface area contributed by atoms with Crippen LogP contribution in [0, 0.1) is 5.41 Å². The molecule has 1 amide bonds. The third kappa shape index (κ3) is 3.93. The fourth-order valence-electron chi connectivity index (χ4n) is 1.19. The normalized spacial score (nSPS) is 11.1. The van der Waals surface area contributed by atoms with E-state index in [0.29, 0.717) is 23.1 Å². The Hall–Kier alpha value is -1.22. The number of anilines is 1. The minimum Gasteiger partial charge on any atom is -0.492 e. The van der Waals surface area contributed by atoms with Gasteiger partial charge in [-0.3, -0.25) is 4.79 Å². The molecule has 0 saturated heterocycles. The van der Waals surface area contributed by atoms with E-state index in [4.69, 9.17) is 16.3 Å². The van der Waals surface area contributed by atoms with E-state index < -0.39 is 5.41 Å². The number of ether oxygens (including phenoxy) is 1. The smallest absolute Gasteiger partial charge is 0.229 e. The predicted octanol–water partition coefficient (Wildman–Crippen LogP) is 3.72. The van der Waals surface area contributed by atoms with Gasteiger partial charge in [-0.1, -0.05) is 32.4 Å². The second-order valence-electron chi connectivity index (χ2n) is 4.78. The van der Waals surface area contributed by atoms with Crippen molar-refractivity contribution in [1.82, 2.24) is 0 Å². The number of hydrogen-bond donors (Lipinski definition) is 1. The van der Waals surface area contributed by atoms with Gasteiger partial charge in [0.25, 0.3) is 0 Å². The Bertz CT molecular complexity index is 410. The van der Waals surface area contributed by atoms with E-state index in [1.54, 1.807) is 18.2 Å². The minimum atomic E-state index is -0.453. The number of carbonyl (C=O) groups is 1. The number of rotatable bonds is 3. The molecule has 94 valence electrons. The molecule has 1 N–H and O–H groups in total. The number of halogens is 1. The van der Waals surface area contributed by atoms with Crippen LogP contribution in [-0.2, 0) is 4.79 Å². The van der Waals surface area contributed by atoms with Gasteiger partial charge in [0.05, 0.1) is 12.3 Å². The topological polar surface area (TPSA) is 38.3 Å². The van der Waals surface area contributed by atoms with Crippen molar-refractivity contribution in [2.45, 2.75) is 27.7 Å². The Kier molecular flexibility index (Phi) is 4.40. The first kappa shape index (κ1) is 13.8. The summed E-state index contributed by atoms with van der Waals surface area (Å²) in [5.74, 6) is 0.565. The molecule has 0 aliphatic heterocycles. The van der Waals surface area contributed by atoms with Gasteiger partial charge >= 0.3 is 0 Å². The van der Waals surface area contributed by atoms with Gasteiger partial charge in [-0.25, -0.2) is 0 Å². The van der Waals surface area contributed by atoms with Crippen molar-refractivity contribution in [2.75, 3.05) is 11.9 Å². The molecule has 0 aliphatic carbocycles. The van der Waals surface area contributed by atoms with Crippen LogP contribution in [0.5, 0.6) is 5.75 Å². The molecule has 1 rings (SSSR count). The largest absolute Gasteiger partial charge is 0.492 e. The van der Waals surface area contributed by atoms with Crippen molar-refractivity contribution in [3.05, 3.63) is 23.2 Å². The molecule has 0 aromatic heterocycles. The summed E-state index contributed by atoms with van der Waals surface area (Å²) in [6.45, 7) is 8.00. The Morgan fingerprint density at radius 3 is 2.59 bits per heavy atom. The van der Waals surface area contributed by atoms with Gasteiger partial charge in [-0.15, -0.1) is 0 Å².